The SMILES string of the molecule is CCCN(C)CCCCNc1c(C(C)(C)C)c(=S)c1=O.CCN(C)CCCCNc1c(C(C)(C)C)c(=S)c1=O.CCN(CC)CCCCNc1c(C(C)(C)C)c(=S)c1=O.CN(C)CCCCNc1c(C(C)(C)C)c(=S)c1=O.CN(CCCCN)c1c(C(C)(C)C)c(=S)c1=O.CNCCCCN(C)c1c(C(C)(C)C)c(=S)c1=O. The highest BCUT2D eigenvalue weighted by Crippen LogP contribution is 2.37. The third kappa shape index (κ3) is 32.8. The predicted molar refractivity (Wildman–Crippen MR) is 504 cm³/mol. The van der Waals surface area contributed by atoms with E-state index < -0.39 is 0 Å². The van der Waals surface area contributed by atoms with Crippen molar-refractivity contribution in [3.8, 4) is 0 Å². The van der Waals surface area contributed by atoms with Crippen molar-refractivity contribution in [3.05, 3.63) is 122 Å². The third-order valence-electron chi connectivity index (χ3n) is 19.9. The van der Waals surface area contributed by atoms with Crippen molar-refractivity contribution < 1.29 is 0 Å². The summed E-state index contributed by atoms with van der Waals surface area (Å²) in [5.74, 6) is 0. The van der Waals surface area contributed by atoms with Crippen molar-refractivity contribution in [1.29, 1.82) is 0 Å². The lowest BCUT2D eigenvalue weighted by Gasteiger charge is -2.30. The maximum Gasteiger partial charge on any atom is 0.220 e. The Morgan fingerprint density at radius 1 is 0.304 bits per heavy atom. The van der Waals surface area contributed by atoms with Crippen LogP contribution in [0.1, 0.15) is 269 Å². The third-order valence-corrected chi connectivity index (χ3v) is 22.2. The molecule has 0 heterocycles. The largest absolute Gasteiger partial charge is 0.382 e. The van der Waals surface area contributed by atoms with Gasteiger partial charge in [0.1, 0.15) is 0 Å². The van der Waals surface area contributed by atoms with Crippen LogP contribution >= 0.6 is 73.3 Å². The van der Waals surface area contributed by atoms with Crippen LogP contribution in [-0.4, -0.2) is 174 Å². The average molecular weight is 1670 g/mol. The number of hydrogen-bond donors (Lipinski definition) is 6. The van der Waals surface area contributed by atoms with Crippen LogP contribution < -0.4 is 74.7 Å². The van der Waals surface area contributed by atoms with Crippen LogP contribution in [0.4, 0.5) is 34.1 Å². The van der Waals surface area contributed by atoms with Gasteiger partial charge in [-0.05, 0) is 217 Å². The van der Waals surface area contributed by atoms with E-state index in [1.807, 2.05) is 26.0 Å². The highest BCUT2D eigenvalue weighted by Gasteiger charge is 2.34. The molecule has 0 unspecified atom stereocenters. The molecule has 7 N–H and O–H groups in total. The van der Waals surface area contributed by atoms with E-state index in [1.165, 1.54) is 6.42 Å². The van der Waals surface area contributed by atoms with Crippen LogP contribution in [0, 0.1) is 27.1 Å². The van der Waals surface area contributed by atoms with E-state index in [9.17, 15) is 28.8 Å². The van der Waals surface area contributed by atoms with Crippen LogP contribution in [0.2, 0.25) is 0 Å². The fraction of sp³-hybridized carbons (Fsp3) is 0.727. The van der Waals surface area contributed by atoms with E-state index in [0.717, 1.165) is 243 Å². The fourth-order valence-electron chi connectivity index (χ4n) is 13.4. The molecule has 6 aromatic rings. The summed E-state index contributed by atoms with van der Waals surface area (Å²) in [6.07, 6.45) is 14.3. The van der Waals surface area contributed by atoms with Gasteiger partial charge in [0.15, 0.2) is 0 Å². The Labute approximate surface area is 708 Å². The number of nitrogens with zero attached hydrogens (tertiary/aromatic N) is 6. The summed E-state index contributed by atoms with van der Waals surface area (Å²) in [5, 5.41) is 16.2. The first-order valence-corrected chi connectivity index (χ1v) is 43.7. The molecule has 6 rings (SSSR count). The van der Waals surface area contributed by atoms with Crippen molar-refractivity contribution in [1.82, 2.24) is 24.9 Å². The van der Waals surface area contributed by atoms with Gasteiger partial charge < -0.3 is 61.7 Å². The normalized spacial score (nSPS) is 12.2. The molecule has 0 aliphatic heterocycles. The topological polar surface area (TPSA) is 208 Å². The minimum atomic E-state index is -0.0531. The molecule has 0 aliphatic rings. The molecule has 0 saturated heterocycles. The summed E-state index contributed by atoms with van der Waals surface area (Å²) in [7, 11) is 14.3. The van der Waals surface area contributed by atoms with E-state index in [1.54, 1.807) is 0 Å². The standard InChI is InChI=1S/2C16H28N2OS.C15H26N2OS.2C14H24N2OS.C13H22N2OS/c1-6-10-18(5)11-8-7-9-17-13-12(16(2,3)4)15(20)14(13)19;1-6-18(7-2)11-9-8-10-17-13-12(16(3,4)5)15(20)14(13)19;1-6-17(5)10-8-7-9-16-12-11(15(2,3)4)14(19)13(12)18;1-14(2,3)10-11(12(17)13(10)18)15-8-6-7-9-16(4)5;1-14(2,3)10-11(12(17)13(10)18)16(5)9-7-6-8-15-4;1-13(2,3)9-10(11(16)12(9)17)15(4)8-6-5-7-14/h2*17H,6-11H2,1-5H3;16H,6-10H2,1-5H3;2*15H,6-9H2,1-5H3;5-8,14H2,1-4H3. The first-order chi connectivity index (χ1) is 51.7. The molecule has 0 saturated carbocycles. The van der Waals surface area contributed by atoms with E-state index in [-0.39, 0.29) is 65.1 Å². The van der Waals surface area contributed by atoms with Crippen molar-refractivity contribution in [2.24, 2.45) is 5.73 Å². The minimum absolute atomic E-state index is 0.0162. The second kappa shape index (κ2) is 49.1. The molecule has 0 atom stereocenters. The van der Waals surface area contributed by atoms with E-state index in [2.05, 4.69) is 232 Å². The molecule has 24 heteroatoms. The number of anilines is 6. The Balaban J connectivity index is 0.000000673. The number of unbranched alkanes of at least 4 members (excludes halogenated alkanes) is 6. The van der Waals surface area contributed by atoms with Crippen LogP contribution in [0.5, 0.6) is 0 Å². The Kier molecular flexibility index (Phi) is 46.3. The van der Waals surface area contributed by atoms with Crippen LogP contribution in [0.3, 0.4) is 0 Å². The molecule has 112 heavy (non-hydrogen) atoms. The van der Waals surface area contributed by atoms with Gasteiger partial charge in [-0.3, -0.25) is 28.8 Å². The predicted octanol–water partition coefficient (Wildman–Crippen LogP) is 17.3. The number of rotatable bonds is 40. The molecular formula is C88H152N12O6S6. The van der Waals surface area contributed by atoms with Gasteiger partial charge in [-0.2, -0.15) is 0 Å². The van der Waals surface area contributed by atoms with E-state index >= 15 is 0 Å². The van der Waals surface area contributed by atoms with Crippen molar-refractivity contribution in [2.45, 2.75) is 268 Å². The number of nitrogens with one attached hydrogen (secondary N) is 5. The summed E-state index contributed by atoms with van der Waals surface area (Å²) in [6.45, 7) is 62.3. The van der Waals surface area contributed by atoms with Crippen molar-refractivity contribution >= 4 is 107 Å². The van der Waals surface area contributed by atoms with Gasteiger partial charge in [0, 0.05) is 86.7 Å². The molecule has 0 fully saturated rings. The molecule has 636 valence electrons. The highest BCUT2D eigenvalue weighted by atomic mass is 32.1. The van der Waals surface area contributed by atoms with Crippen molar-refractivity contribution in [3.63, 3.8) is 0 Å². The van der Waals surface area contributed by atoms with E-state index in [0.29, 0.717) is 33.6 Å². The first-order valence-electron chi connectivity index (χ1n) is 41.2. The maximum absolute atomic E-state index is 11.9. The van der Waals surface area contributed by atoms with E-state index in [4.69, 9.17) is 79.0 Å². The zero-order valence-electron chi connectivity index (χ0n) is 75.2. The van der Waals surface area contributed by atoms with Crippen molar-refractivity contribution in [2.75, 3.05) is 185 Å². The zero-order chi connectivity index (χ0) is 86.4. The fourth-order valence-corrected chi connectivity index (χ4v) is 16.5. The molecule has 0 bridgehead atoms. The molecule has 18 nitrogen and oxygen atoms in total. The average Bonchev–Trinajstić information content (AvgIpc) is 0.774. The highest BCUT2D eigenvalue weighted by molar-refractivity contribution is 7.72. The summed E-state index contributed by atoms with van der Waals surface area (Å²) in [4.78, 5) is 84.2. The summed E-state index contributed by atoms with van der Waals surface area (Å²) < 4.78 is 3.10. The molecule has 0 amide bonds. The second-order valence-corrected chi connectivity index (χ2v) is 39.1. The quantitative estimate of drug-likeness (QED) is 0.0156. The van der Waals surface area contributed by atoms with Crippen LogP contribution in [-0.2, 0) is 32.5 Å². The summed E-state index contributed by atoms with van der Waals surface area (Å²) in [5.41, 5.74) is 16.2. The second-order valence-electron chi connectivity index (χ2n) is 36.6. The zero-order valence-corrected chi connectivity index (χ0v) is 80.1. The van der Waals surface area contributed by atoms with Gasteiger partial charge >= 0.3 is 0 Å². The number of nitrogens with two attached hydrogens (primary N) is 1. The summed E-state index contributed by atoms with van der Waals surface area (Å²) in [6, 6.07) is 0. The smallest absolute Gasteiger partial charge is 0.220 e. The van der Waals surface area contributed by atoms with Gasteiger partial charge in [0.05, 0.1) is 61.2 Å². The van der Waals surface area contributed by atoms with Gasteiger partial charge in [0.2, 0.25) is 32.6 Å². The Morgan fingerprint density at radius 3 is 0.821 bits per heavy atom. The lowest BCUT2D eigenvalue weighted by molar-refractivity contribution is 0.298. The minimum Gasteiger partial charge on any atom is -0.382 e. The molecular weight excluding hydrogens is 1510 g/mol. The Bertz CT molecular complexity index is 4250. The van der Waals surface area contributed by atoms with Gasteiger partial charge in [0.25, 0.3) is 0 Å². The summed E-state index contributed by atoms with van der Waals surface area (Å²) >= 11 is 31.0. The lowest BCUT2D eigenvalue weighted by atomic mass is 9.82. The van der Waals surface area contributed by atoms with Gasteiger partial charge in [-0.25, -0.2) is 0 Å². The number of hydrogen-bond acceptors (Lipinski definition) is 24. The van der Waals surface area contributed by atoms with Gasteiger partial charge in [-0.15, -0.1) is 0 Å². The molecule has 0 aliphatic carbocycles. The first kappa shape index (κ1) is 106. The molecule has 0 spiro atoms. The molecule has 0 aromatic heterocycles. The monoisotopic (exact) mass is 1670 g/mol. The molecule has 0 radical (unpaired) electrons. The van der Waals surface area contributed by atoms with Gasteiger partial charge in [-0.1, -0.05) is 226 Å². The van der Waals surface area contributed by atoms with Crippen LogP contribution in [0.15, 0.2) is 28.8 Å². The lowest BCUT2D eigenvalue weighted by Crippen LogP contribution is -2.35. The maximum atomic E-state index is 11.9. The Hall–Kier alpha value is -4.44. The van der Waals surface area contributed by atoms with Crippen LogP contribution in [0.25, 0.3) is 0 Å². The molecule has 6 aromatic carbocycles. The Morgan fingerprint density at radius 2 is 0.562 bits per heavy atom.